The molecule has 168 valence electrons. The highest BCUT2D eigenvalue weighted by Gasteiger charge is 2.31. The molecule has 32 heavy (non-hydrogen) atoms. The van der Waals surface area contributed by atoms with Crippen LogP contribution in [-0.2, 0) is 16.1 Å². The first-order valence-electron chi connectivity index (χ1n) is 11.4. The number of furan rings is 2. The first-order chi connectivity index (χ1) is 15.7. The lowest BCUT2D eigenvalue weighted by Crippen LogP contribution is -2.37. The Labute approximate surface area is 186 Å². The van der Waals surface area contributed by atoms with E-state index >= 15 is 0 Å². The number of ether oxygens (including phenoxy) is 1. The molecule has 2 aromatic heterocycles. The maximum Gasteiger partial charge on any atom is 0.292 e. The zero-order valence-corrected chi connectivity index (χ0v) is 18.0. The van der Waals surface area contributed by atoms with E-state index in [0.29, 0.717) is 36.7 Å². The van der Waals surface area contributed by atoms with E-state index in [2.05, 4.69) is 5.32 Å². The van der Waals surface area contributed by atoms with E-state index < -0.39 is 0 Å². The zero-order chi connectivity index (χ0) is 21.9. The van der Waals surface area contributed by atoms with Crippen molar-refractivity contribution in [3.63, 3.8) is 0 Å². The maximum absolute atomic E-state index is 13.7. The van der Waals surface area contributed by atoms with Crippen LogP contribution in [0.15, 0.2) is 51.5 Å². The fourth-order valence-electron chi connectivity index (χ4n) is 4.72. The number of amides is 2. The Balaban J connectivity index is 1.47. The molecule has 0 unspecified atom stereocenters. The molecule has 1 aliphatic carbocycles. The van der Waals surface area contributed by atoms with E-state index in [0.717, 1.165) is 43.9 Å². The Morgan fingerprint density at radius 2 is 1.88 bits per heavy atom. The Hall–Kier alpha value is -3.06. The molecule has 1 aliphatic heterocycles. The molecule has 2 aliphatic rings. The summed E-state index contributed by atoms with van der Waals surface area (Å²) in [5, 5.41) is 3.76. The van der Waals surface area contributed by atoms with Crippen molar-refractivity contribution in [2.75, 3.05) is 18.5 Å². The molecule has 0 spiro atoms. The van der Waals surface area contributed by atoms with Crippen molar-refractivity contribution in [2.45, 2.75) is 51.2 Å². The topological polar surface area (TPSA) is 84.9 Å². The SMILES string of the molecule is O=C(Nc1c(C(=O)N(Cc2ccco2)C[C@@H]2CCCO2)oc2ccccc12)C1CCCC1. The molecule has 1 saturated carbocycles. The van der Waals surface area contributed by atoms with Gasteiger partial charge in [-0.25, -0.2) is 0 Å². The highest BCUT2D eigenvalue weighted by atomic mass is 16.5. The standard InChI is InChI=1S/C25H28N2O5/c28-24(17-7-1-2-8-17)26-22-20-11-3-4-12-21(20)32-23(22)25(29)27(15-18-9-5-13-30-18)16-19-10-6-14-31-19/h3-5,9,11-13,17,19H,1-2,6-8,10,14-16H2,(H,26,28)/t19-/m0/s1. The van der Waals surface area contributed by atoms with Gasteiger partial charge in [-0.2, -0.15) is 0 Å². The summed E-state index contributed by atoms with van der Waals surface area (Å²) in [5.41, 5.74) is 1.03. The third kappa shape index (κ3) is 4.30. The summed E-state index contributed by atoms with van der Waals surface area (Å²) in [6.07, 6.45) is 7.37. The molecule has 1 saturated heterocycles. The largest absolute Gasteiger partial charge is 0.467 e. The number of hydrogen-bond acceptors (Lipinski definition) is 5. The van der Waals surface area contributed by atoms with Crippen LogP contribution in [0.5, 0.6) is 0 Å². The van der Waals surface area contributed by atoms with Gasteiger partial charge < -0.3 is 23.8 Å². The van der Waals surface area contributed by atoms with Crippen molar-refractivity contribution < 1.29 is 23.2 Å². The van der Waals surface area contributed by atoms with Crippen LogP contribution in [-0.4, -0.2) is 36.0 Å². The molecule has 2 fully saturated rings. The van der Waals surface area contributed by atoms with Crippen molar-refractivity contribution in [3.05, 3.63) is 54.2 Å². The van der Waals surface area contributed by atoms with Crippen molar-refractivity contribution in [2.24, 2.45) is 5.92 Å². The van der Waals surface area contributed by atoms with Gasteiger partial charge >= 0.3 is 0 Å². The van der Waals surface area contributed by atoms with Gasteiger partial charge in [-0.05, 0) is 49.9 Å². The van der Waals surface area contributed by atoms with Gasteiger partial charge in [-0.3, -0.25) is 9.59 Å². The van der Waals surface area contributed by atoms with Gasteiger partial charge in [0.1, 0.15) is 17.0 Å². The summed E-state index contributed by atoms with van der Waals surface area (Å²) >= 11 is 0. The second-order valence-corrected chi connectivity index (χ2v) is 8.67. The van der Waals surface area contributed by atoms with Crippen molar-refractivity contribution in [1.82, 2.24) is 4.90 Å². The van der Waals surface area contributed by atoms with Gasteiger partial charge in [0, 0.05) is 24.5 Å². The van der Waals surface area contributed by atoms with Gasteiger partial charge in [-0.1, -0.05) is 25.0 Å². The summed E-state index contributed by atoms with van der Waals surface area (Å²) in [6.45, 7) is 1.45. The van der Waals surface area contributed by atoms with Crippen molar-refractivity contribution in [3.8, 4) is 0 Å². The monoisotopic (exact) mass is 436 g/mol. The Kier molecular flexibility index (Phi) is 5.99. The zero-order valence-electron chi connectivity index (χ0n) is 18.0. The Morgan fingerprint density at radius 1 is 1.03 bits per heavy atom. The van der Waals surface area contributed by atoms with E-state index in [1.165, 1.54) is 0 Å². The van der Waals surface area contributed by atoms with Crippen LogP contribution in [0.1, 0.15) is 54.8 Å². The highest BCUT2D eigenvalue weighted by Crippen LogP contribution is 2.34. The number of rotatable bonds is 7. The molecule has 7 nitrogen and oxygen atoms in total. The summed E-state index contributed by atoms with van der Waals surface area (Å²) in [7, 11) is 0. The molecule has 1 atom stereocenters. The Morgan fingerprint density at radius 3 is 2.62 bits per heavy atom. The fraction of sp³-hybridized carbons (Fsp3) is 0.440. The molecule has 5 rings (SSSR count). The number of anilines is 1. The van der Waals surface area contributed by atoms with Crippen LogP contribution in [0.3, 0.4) is 0 Å². The van der Waals surface area contributed by atoms with Crippen LogP contribution in [0.4, 0.5) is 5.69 Å². The second-order valence-electron chi connectivity index (χ2n) is 8.67. The lowest BCUT2D eigenvalue weighted by Gasteiger charge is -2.24. The molecule has 3 aromatic rings. The van der Waals surface area contributed by atoms with E-state index in [-0.39, 0.29) is 29.6 Å². The average molecular weight is 437 g/mol. The second kappa shape index (κ2) is 9.20. The minimum absolute atomic E-state index is 0.0160. The first-order valence-corrected chi connectivity index (χ1v) is 11.4. The number of hydrogen-bond donors (Lipinski definition) is 1. The van der Waals surface area contributed by atoms with E-state index in [1.807, 2.05) is 30.3 Å². The quantitative estimate of drug-likeness (QED) is 0.565. The van der Waals surface area contributed by atoms with Crippen LogP contribution in [0.2, 0.25) is 0 Å². The van der Waals surface area contributed by atoms with Gasteiger partial charge in [0.25, 0.3) is 5.91 Å². The molecular weight excluding hydrogens is 408 g/mol. The molecule has 7 heteroatoms. The smallest absolute Gasteiger partial charge is 0.292 e. The maximum atomic E-state index is 13.7. The van der Waals surface area contributed by atoms with Gasteiger partial charge in [0.2, 0.25) is 11.7 Å². The normalized spacial score (nSPS) is 18.9. The fourth-order valence-corrected chi connectivity index (χ4v) is 4.72. The lowest BCUT2D eigenvalue weighted by atomic mass is 10.1. The predicted molar refractivity (Wildman–Crippen MR) is 119 cm³/mol. The molecule has 1 N–H and O–H groups in total. The number of carbonyl (C=O) groups excluding carboxylic acids is 2. The predicted octanol–water partition coefficient (Wildman–Crippen LogP) is 4.98. The lowest BCUT2D eigenvalue weighted by molar-refractivity contribution is -0.119. The van der Waals surface area contributed by atoms with E-state index in [1.54, 1.807) is 17.2 Å². The number of nitrogens with zero attached hydrogens (tertiary/aromatic N) is 1. The third-order valence-corrected chi connectivity index (χ3v) is 6.43. The van der Waals surface area contributed by atoms with Crippen LogP contribution >= 0.6 is 0 Å². The first kappa shape index (κ1) is 20.8. The van der Waals surface area contributed by atoms with E-state index in [9.17, 15) is 9.59 Å². The Bertz CT molecular complexity index is 1080. The summed E-state index contributed by atoms with van der Waals surface area (Å²) < 4.78 is 17.3. The number of benzene rings is 1. The van der Waals surface area contributed by atoms with Gasteiger partial charge in [0.05, 0.1) is 18.9 Å². The molecular formula is C25H28N2O5. The van der Waals surface area contributed by atoms with Crippen molar-refractivity contribution in [1.29, 1.82) is 0 Å². The van der Waals surface area contributed by atoms with Crippen molar-refractivity contribution >= 4 is 28.5 Å². The molecule has 1 aromatic carbocycles. The highest BCUT2D eigenvalue weighted by molar-refractivity contribution is 6.11. The van der Waals surface area contributed by atoms with Crippen LogP contribution in [0.25, 0.3) is 11.0 Å². The molecule has 0 bridgehead atoms. The minimum atomic E-state index is -0.283. The van der Waals surface area contributed by atoms with Gasteiger partial charge in [-0.15, -0.1) is 0 Å². The van der Waals surface area contributed by atoms with E-state index in [4.69, 9.17) is 13.6 Å². The van der Waals surface area contributed by atoms with Gasteiger partial charge in [0.15, 0.2) is 0 Å². The minimum Gasteiger partial charge on any atom is -0.467 e. The molecule has 2 amide bonds. The third-order valence-electron chi connectivity index (χ3n) is 6.43. The summed E-state index contributed by atoms with van der Waals surface area (Å²) in [5.74, 6) is 0.499. The van der Waals surface area contributed by atoms with Crippen LogP contribution < -0.4 is 5.32 Å². The van der Waals surface area contributed by atoms with Crippen LogP contribution in [0, 0.1) is 5.92 Å². The summed E-state index contributed by atoms with van der Waals surface area (Å²) in [6, 6.07) is 11.1. The molecule has 0 radical (unpaired) electrons. The molecule has 3 heterocycles. The number of para-hydroxylation sites is 1. The number of carbonyl (C=O) groups is 2. The average Bonchev–Trinajstić information content (AvgIpc) is 3.61. The summed E-state index contributed by atoms with van der Waals surface area (Å²) in [4.78, 5) is 28.4. The number of nitrogens with one attached hydrogen (secondary N) is 1. The number of fused-ring (bicyclic) bond motifs is 1.